The molecule has 0 bridgehead atoms. The predicted molar refractivity (Wildman–Crippen MR) is 101 cm³/mol. The number of halogens is 1. The molecule has 0 saturated carbocycles. The molecule has 2 aromatic rings. The van der Waals surface area contributed by atoms with E-state index >= 15 is 0 Å². The van der Waals surface area contributed by atoms with Crippen molar-refractivity contribution in [1.82, 2.24) is 4.90 Å². The molecule has 0 aliphatic carbocycles. The molecule has 1 aliphatic rings. The summed E-state index contributed by atoms with van der Waals surface area (Å²) in [6, 6.07) is 11.4. The number of hydrogen-bond acceptors (Lipinski definition) is 4. The van der Waals surface area contributed by atoms with Gasteiger partial charge in [-0.1, -0.05) is 18.2 Å². The van der Waals surface area contributed by atoms with Crippen LogP contribution in [-0.4, -0.2) is 43.5 Å². The summed E-state index contributed by atoms with van der Waals surface area (Å²) in [6.07, 6.45) is 0. The van der Waals surface area contributed by atoms with Crippen LogP contribution in [0.2, 0.25) is 0 Å². The molecule has 0 saturated heterocycles. The number of nitrogens with zero attached hydrogens (tertiary/aromatic N) is 2. The summed E-state index contributed by atoms with van der Waals surface area (Å²) >= 11 is 0. The van der Waals surface area contributed by atoms with Gasteiger partial charge in [-0.15, -0.1) is 0 Å². The Morgan fingerprint density at radius 3 is 2.78 bits per heavy atom. The molecule has 27 heavy (non-hydrogen) atoms. The topological polar surface area (TPSA) is 61.9 Å². The standard InChI is InChI=1S/C20H22FN3O3/c1-13(23(2)11-14-8-9-18(27-3)15(21)10-14)20(26)24-12-19(25)22-16-6-4-5-7-17(16)24/h4-10,13H,11-12H2,1-3H3,(H,22,25)/t13-/m1/s1. The molecular weight excluding hydrogens is 349 g/mol. The second-order valence-corrected chi connectivity index (χ2v) is 6.55. The summed E-state index contributed by atoms with van der Waals surface area (Å²) < 4.78 is 18.8. The lowest BCUT2D eigenvalue weighted by Gasteiger charge is -2.33. The fraction of sp³-hybridized carbons (Fsp3) is 0.300. The molecule has 1 heterocycles. The Morgan fingerprint density at radius 1 is 1.33 bits per heavy atom. The fourth-order valence-electron chi connectivity index (χ4n) is 3.08. The Kier molecular flexibility index (Phi) is 5.41. The lowest BCUT2D eigenvalue weighted by Crippen LogP contribution is -2.50. The molecule has 0 aromatic heterocycles. The maximum absolute atomic E-state index is 13.9. The summed E-state index contributed by atoms with van der Waals surface area (Å²) in [7, 11) is 3.21. The van der Waals surface area contributed by atoms with Gasteiger partial charge < -0.3 is 10.1 Å². The SMILES string of the molecule is COc1ccc(CN(C)[C@H](C)C(=O)N2CC(=O)Nc3ccccc32)cc1F. The van der Waals surface area contributed by atoms with Gasteiger partial charge in [-0.2, -0.15) is 0 Å². The van der Waals surface area contributed by atoms with Gasteiger partial charge >= 0.3 is 0 Å². The molecule has 2 amide bonds. The van der Waals surface area contributed by atoms with E-state index in [1.807, 2.05) is 11.0 Å². The predicted octanol–water partition coefficient (Wildman–Crippen LogP) is 2.64. The molecule has 0 radical (unpaired) electrons. The molecule has 0 spiro atoms. The van der Waals surface area contributed by atoms with Crippen LogP contribution in [0.4, 0.5) is 15.8 Å². The maximum Gasteiger partial charge on any atom is 0.244 e. The first-order valence-electron chi connectivity index (χ1n) is 8.63. The zero-order chi connectivity index (χ0) is 19.6. The van der Waals surface area contributed by atoms with Crippen LogP contribution in [0.15, 0.2) is 42.5 Å². The molecule has 1 aliphatic heterocycles. The van der Waals surface area contributed by atoms with Crippen molar-refractivity contribution in [3.8, 4) is 5.75 Å². The van der Waals surface area contributed by atoms with E-state index in [0.29, 0.717) is 17.9 Å². The van der Waals surface area contributed by atoms with E-state index in [1.165, 1.54) is 18.1 Å². The highest BCUT2D eigenvalue weighted by molar-refractivity contribution is 6.11. The molecule has 1 N–H and O–H groups in total. The highest BCUT2D eigenvalue weighted by atomic mass is 19.1. The van der Waals surface area contributed by atoms with Gasteiger partial charge in [-0.3, -0.25) is 19.4 Å². The second kappa shape index (κ2) is 7.75. The van der Waals surface area contributed by atoms with Crippen LogP contribution >= 0.6 is 0 Å². The monoisotopic (exact) mass is 371 g/mol. The Balaban J connectivity index is 1.75. The van der Waals surface area contributed by atoms with Crippen molar-refractivity contribution in [2.45, 2.75) is 19.5 Å². The lowest BCUT2D eigenvalue weighted by molar-refractivity contribution is -0.125. The number of benzene rings is 2. The second-order valence-electron chi connectivity index (χ2n) is 6.55. The number of amides is 2. The smallest absolute Gasteiger partial charge is 0.244 e. The first-order chi connectivity index (χ1) is 12.9. The largest absolute Gasteiger partial charge is 0.494 e. The highest BCUT2D eigenvalue weighted by Gasteiger charge is 2.31. The van der Waals surface area contributed by atoms with Crippen molar-refractivity contribution < 1.29 is 18.7 Å². The van der Waals surface area contributed by atoms with Gasteiger partial charge in [0.1, 0.15) is 6.54 Å². The summed E-state index contributed by atoms with van der Waals surface area (Å²) in [5.74, 6) is -0.673. The Labute approximate surface area is 157 Å². The van der Waals surface area contributed by atoms with Crippen molar-refractivity contribution in [2.24, 2.45) is 0 Å². The average Bonchev–Trinajstić information content (AvgIpc) is 2.66. The van der Waals surface area contributed by atoms with Gasteiger partial charge in [0.2, 0.25) is 11.8 Å². The van der Waals surface area contributed by atoms with Gasteiger partial charge in [-0.25, -0.2) is 4.39 Å². The zero-order valence-corrected chi connectivity index (χ0v) is 15.5. The van der Waals surface area contributed by atoms with Gasteiger partial charge in [0.25, 0.3) is 0 Å². The lowest BCUT2D eigenvalue weighted by atomic mass is 10.1. The fourth-order valence-corrected chi connectivity index (χ4v) is 3.08. The third kappa shape index (κ3) is 3.93. The number of nitrogens with one attached hydrogen (secondary N) is 1. The Hall–Kier alpha value is -2.93. The van der Waals surface area contributed by atoms with Crippen molar-refractivity contribution >= 4 is 23.2 Å². The molecule has 0 fully saturated rings. The number of methoxy groups -OCH3 is 1. The van der Waals surface area contributed by atoms with Gasteiger partial charge in [0, 0.05) is 6.54 Å². The number of carbonyl (C=O) groups is 2. The molecule has 142 valence electrons. The highest BCUT2D eigenvalue weighted by Crippen LogP contribution is 2.29. The Morgan fingerprint density at radius 2 is 2.07 bits per heavy atom. The molecular formula is C20H22FN3O3. The molecule has 0 unspecified atom stereocenters. The summed E-state index contributed by atoms with van der Waals surface area (Å²) in [5.41, 5.74) is 2.03. The number of ether oxygens (including phenoxy) is 1. The number of rotatable bonds is 5. The van der Waals surface area contributed by atoms with Gasteiger partial charge in [-0.05, 0) is 43.8 Å². The zero-order valence-electron chi connectivity index (χ0n) is 15.5. The number of fused-ring (bicyclic) bond motifs is 1. The van der Waals surface area contributed by atoms with E-state index in [1.54, 1.807) is 44.3 Å². The first-order valence-corrected chi connectivity index (χ1v) is 8.63. The van der Waals surface area contributed by atoms with Crippen LogP contribution in [0.3, 0.4) is 0 Å². The van der Waals surface area contributed by atoms with E-state index in [0.717, 1.165) is 5.56 Å². The molecule has 2 aromatic carbocycles. The van der Waals surface area contributed by atoms with Gasteiger partial charge in [0.05, 0.1) is 24.5 Å². The Bertz CT molecular complexity index is 871. The van der Waals surface area contributed by atoms with Crippen LogP contribution < -0.4 is 15.0 Å². The van der Waals surface area contributed by atoms with Crippen LogP contribution in [0.25, 0.3) is 0 Å². The summed E-state index contributed by atoms with van der Waals surface area (Å²) in [4.78, 5) is 28.3. The third-order valence-electron chi connectivity index (χ3n) is 4.70. The molecule has 1 atom stereocenters. The maximum atomic E-state index is 13.9. The van der Waals surface area contributed by atoms with E-state index in [4.69, 9.17) is 4.74 Å². The molecule has 3 rings (SSSR count). The number of carbonyl (C=O) groups excluding carboxylic acids is 2. The van der Waals surface area contributed by atoms with Crippen LogP contribution in [0.5, 0.6) is 5.75 Å². The summed E-state index contributed by atoms with van der Waals surface area (Å²) in [5, 5.41) is 2.77. The minimum atomic E-state index is -0.492. The van der Waals surface area contributed by atoms with Crippen LogP contribution in [0, 0.1) is 5.82 Å². The van der Waals surface area contributed by atoms with Crippen molar-refractivity contribution in [3.05, 3.63) is 53.8 Å². The molecule has 6 nitrogen and oxygen atoms in total. The molecule has 7 heteroatoms. The summed E-state index contributed by atoms with van der Waals surface area (Å²) in [6.45, 7) is 2.14. The number of likely N-dealkylation sites (N-methyl/N-ethyl adjacent to an activating group) is 1. The first kappa shape index (κ1) is 18.8. The minimum Gasteiger partial charge on any atom is -0.494 e. The third-order valence-corrected chi connectivity index (χ3v) is 4.70. The quantitative estimate of drug-likeness (QED) is 0.878. The van der Waals surface area contributed by atoms with E-state index < -0.39 is 11.9 Å². The van der Waals surface area contributed by atoms with Crippen molar-refractivity contribution in [1.29, 1.82) is 0 Å². The number of anilines is 2. The van der Waals surface area contributed by atoms with E-state index in [9.17, 15) is 14.0 Å². The van der Waals surface area contributed by atoms with E-state index in [2.05, 4.69) is 5.32 Å². The number of hydrogen-bond donors (Lipinski definition) is 1. The average molecular weight is 371 g/mol. The van der Waals surface area contributed by atoms with E-state index in [-0.39, 0.29) is 24.1 Å². The van der Waals surface area contributed by atoms with Gasteiger partial charge in [0.15, 0.2) is 11.6 Å². The van der Waals surface area contributed by atoms with Crippen LogP contribution in [0.1, 0.15) is 12.5 Å². The van der Waals surface area contributed by atoms with Crippen LogP contribution in [-0.2, 0) is 16.1 Å². The van der Waals surface area contributed by atoms with Crippen molar-refractivity contribution in [2.75, 3.05) is 30.9 Å². The van der Waals surface area contributed by atoms with Crippen molar-refractivity contribution in [3.63, 3.8) is 0 Å². The normalized spacial score (nSPS) is 14.6. The minimum absolute atomic E-state index is 0.0226. The number of para-hydroxylation sites is 2.